The van der Waals surface area contributed by atoms with Gasteiger partial charge in [-0.1, -0.05) is 49.6 Å². The fraction of sp³-hybridized carbons (Fsp3) is 0.500. The van der Waals surface area contributed by atoms with E-state index >= 15 is 0 Å². The van der Waals surface area contributed by atoms with Crippen molar-refractivity contribution < 1.29 is 14.3 Å². The van der Waals surface area contributed by atoms with Crippen molar-refractivity contribution in [2.75, 3.05) is 6.61 Å². The van der Waals surface area contributed by atoms with Crippen molar-refractivity contribution in [2.45, 2.75) is 59.0 Å². The number of nitrogens with one attached hydrogen (secondary N) is 1. The molecule has 1 heterocycles. The molecule has 28 heavy (non-hydrogen) atoms. The molecule has 1 aliphatic rings. The lowest BCUT2D eigenvalue weighted by atomic mass is 9.89. The highest BCUT2D eigenvalue weighted by atomic mass is 16.5. The predicted octanol–water partition coefficient (Wildman–Crippen LogP) is 3.29. The minimum atomic E-state index is -0.279. The Labute approximate surface area is 166 Å². The smallest absolute Gasteiger partial charge is 0.309 e. The average Bonchev–Trinajstić information content (AvgIpc) is 2.98. The largest absolute Gasteiger partial charge is 0.455 e. The molecule has 2 aromatic rings. The molecule has 1 aliphatic carbocycles. The van der Waals surface area contributed by atoms with Gasteiger partial charge in [0.05, 0.1) is 18.2 Å². The maximum Gasteiger partial charge on any atom is 0.309 e. The Hall–Kier alpha value is -2.63. The van der Waals surface area contributed by atoms with Crippen LogP contribution in [-0.2, 0) is 27.4 Å². The van der Waals surface area contributed by atoms with Gasteiger partial charge in [0.15, 0.2) is 6.61 Å². The van der Waals surface area contributed by atoms with Crippen molar-refractivity contribution in [3.63, 3.8) is 0 Å². The van der Waals surface area contributed by atoms with E-state index in [4.69, 9.17) is 4.74 Å². The first-order valence-electron chi connectivity index (χ1n) is 10.0. The van der Waals surface area contributed by atoms with Gasteiger partial charge in [0.2, 0.25) is 0 Å². The molecule has 0 aliphatic heterocycles. The van der Waals surface area contributed by atoms with Gasteiger partial charge in [-0.15, -0.1) is 0 Å². The molecule has 0 unspecified atom stereocenters. The highest BCUT2D eigenvalue weighted by Gasteiger charge is 2.23. The van der Waals surface area contributed by atoms with Crippen LogP contribution in [0.25, 0.3) is 0 Å². The standard InChI is InChI=1S/C22H29N3O3/c1-16-20(17(2)25(24-16)14-18-9-5-3-6-10-18)13-23-21(26)15-28-22(27)19-11-7-4-8-12-19/h3,5-6,9-10,19H,4,7-8,11-15H2,1-2H3,(H,23,26). The monoisotopic (exact) mass is 383 g/mol. The molecule has 0 bridgehead atoms. The molecule has 1 amide bonds. The molecule has 3 rings (SSSR count). The summed E-state index contributed by atoms with van der Waals surface area (Å²) >= 11 is 0. The first-order valence-corrected chi connectivity index (χ1v) is 10.0. The van der Waals surface area contributed by atoms with Crippen LogP contribution in [0, 0.1) is 19.8 Å². The Balaban J connectivity index is 1.49. The number of rotatable bonds is 7. The molecule has 1 saturated carbocycles. The molecule has 0 radical (unpaired) electrons. The Morgan fingerprint density at radius 3 is 2.57 bits per heavy atom. The Kier molecular flexibility index (Phi) is 6.85. The van der Waals surface area contributed by atoms with E-state index in [1.165, 1.54) is 12.0 Å². The van der Waals surface area contributed by atoms with E-state index in [0.29, 0.717) is 13.1 Å². The van der Waals surface area contributed by atoms with E-state index < -0.39 is 0 Å². The van der Waals surface area contributed by atoms with Crippen molar-refractivity contribution in [3.8, 4) is 0 Å². The third-order valence-corrected chi connectivity index (χ3v) is 5.45. The number of hydrogen-bond acceptors (Lipinski definition) is 4. The number of aryl methyl sites for hydroxylation is 1. The van der Waals surface area contributed by atoms with Crippen molar-refractivity contribution in [1.29, 1.82) is 0 Å². The second-order valence-electron chi connectivity index (χ2n) is 7.51. The number of carbonyl (C=O) groups excluding carboxylic acids is 2. The fourth-order valence-electron chi connectivity index (χ4n) is 3.73. The van der Waals surface area contributed by atoms with E-state index in [9.17, 15) is 9.59 Å². The maximum atomic E-state index is 12.1. The summed E-state index contributed by atoms with van der Waals surface area (Å²) in [5.41, 5.74) is 4.11. The van der Waals surface area contributed by atoms with E-state index in [0.717, 1.165) is 42.6 Å². The normalized spacial score (nSPS) is 14.6. The number of carbonyl (C=O) groups is 2. The second kappa shape index (κ2) is 9.53. The summed E-state index contributed by atoms with van der Waals surface area (Å²) in [6.07, 6.45) is 5.06. The molecule has 0 saturated heterocycles. The molecule has 0 atom stereocenters. The fourth-order valence-corrected chi connectivity index (χ4v) is 3.73. The number of hydrogen-bond donors (Lipinski definition) is 1. The summed E-state index contributed by atoms with van der Waals surface area (Å²) in [5, 5.41) is 7.45. The first kappa shape index (κ1) is 20.1. The maximum absolute atomic E-state index is 12.1. The van der Waals surface area contributed by atoms with Crippen LogP contribution in [0.15, 0.2) is 30.3 Å². The molecule has 1 aromatic carbocycles. The lowest BCUT2D eigenvalue weighted by Crippen LogP contribution is -2.30. The minimum absolute atomic E-state index is 0.0396. The highest BCUT2D eigenvalue weighted by molar-refractivity contribution is 5.81. The zero-order chi connectivity index (χ0) is 19.9. The third-order valence-electron chi connectivity index (χ3n) is 5.45. The van der Waals surface area contributed by atoms with E-state index in [2.05, 4.69) is 22.5 Å². The number of ether oxygens (including phenoxy) is 1. The predicted molar refractivity (Wildman–Crippen MR) is 107 cm³/mol. The molecule has 1 aromatic heterocycles. The summed E-state index contributed by atoms with van der Waals surface area (Å²) in [7, 11) is 0. The first-order chi connectivity index (χ1) is 13.5. The van der Waals surface area contributed by atoms with Crippen LogP contribution in [0.1, 0.15) is 54.6 Å². The van der Waals surface area contributed by atoms with Crippen LogP contribution in [0.2, 0.25) is 0 Å². The Bertz CT molecular complexity index is 808. The quantitative estimate of drug-likeness (QED) is 0.745. The van der Waals surface area contributed by atoms with Crippen molar-refractivity contribution in [1.82, 2.24) is 15.1 Å². The van der Waals surface area contributed by atoms with Crippen LogP contribution in [0.5, 0.6) is 0 Å². The van der Waals surface area contributed by atoms with Gasteiger partial charge in [-0.05, 0) is 32.3 Å². The van der Waals surface area contributed by atoms with Crippen molar-refractivity contribution >= 4 is 11.9 Å². The molecular formula is C22H29N3O3. The number of aromatic nitrogens is 2. The van der Waals surface area contributed by atoms with Gasteiger partial charge in [-0.25, -0.2) is 0 Å². The molecule has 6 heteroatoms. The Morgan fingerprint density at radius 2 is 1.86 bits per heavy atom. The van der Waals surface area contributed by atoms with Crippen molar-refractivity contribution in [3.05, 3.63) is 52.8 Å². The molecule has 0 spiro atoms. The number of benzene rings is 1. The van der Waals surface area contributed by atoms with Crippen LogP contribution in [-0.4, -0.2) is 28.3 Å². The van der Waals surface area contributed by atoms with Gasteiger partial charge in [-0.2, -0.15) is 5.10 Å². The lowest BCUT2D eigenvalue weighted by Gasteiger charge is -2.19. The molecule has 6 nitrogen and oxygen atoms in total. The topological polar surface area (TPSA) is 73.2 Å². The Morgan fingerprint density at radius 1 is 1.14 bits per heavy atom. The minimum Gasteiger partial charge on any atom is -0.455 e. The van der Waals surface area contributed by atoms with Gasteiger partial charge in [0.25, 0.3) is 5.91 Å². The van der Waals surface area contributed by atoms with Crippen LogP contribution >= 0.6 is 0 Å². The molecule has 1 N–H and O–H groups in total. The van der Waals surface area contributed by atoms with Crippen LogP contribution in [0.3, 0.4) is 0 Å². The molecule has 150 valence electrons. The highest BCUT2D eigenvalue weighted by Crippen LogP contribution is 2.24. The summed E-state index contributed by atoms with van der Waals surface area (Å²) < 4.78 is 7.16. The average molecular weight is 383 g/mol. The van der Waals surface area contributed by atoms with Gasteiger partial charge >= 0.3 is 5.97 Å². The lowest BCUT2D eigenvalue weighted by molar-refractivity contribution is -0.153. The zero-order valence-electron chi connectivity index (χ0n) is 16.7. The van der Waals surface area contributed by atoms with Gasteiger partial charge in [-0.3, -0.25) is 14.3 Å². The van der Waals surface area contributed by atoms with Gasteiger partial charge in [0.1, 0.15) is 0 Å². The summed E-state index contributed by atoms with van der Waals surface area (Å²) in [6, 6.07) is 10.2. The third kappa shape index (κ3) is 5.21. The van der Waals surface area contributed by atoms with Gasteiger partial charge in [0, 0.05) is 17.8 Å². The van der Waals surface area contributed by atoms with E-state index in [1.807, 2.05) is 36.7 Å². The number of amides is 1. The summed E-state index contributed by atoms with van der Waals surface area (Å²) in [6.45, 7) is 4.81. The second-order valence-corrected chi connectivity index (χ2v) is 7.51. The summed E-state index contributed by atoms with van der Waals surface area (Å²) in [4.78, 5) is 24.2. The molecule has 1 fully saturated rings. The number of nitrogens with zero attached hydrogens (tertiary/aromatic N) is 2. The van der Waals surface area contributed by atoms with Gasteiger partial charge < -0.3 is 10.1 Å². The number of esters is 1. The van der Waals surface area contributed by atoms with E-state index in [1.54, 1.807) is 0 Å². The van der Waals surface area contributed by atoms with Crippen LogP contribution < -0.4 is 5.32 Å². The zero-order valence-corrected chi connectivity index (χ0v) is 16.7. The summed E-state index contributed by atoms with van der Waals surface area (Å²) in [5.74, 6) is -0.557. The van der Waals surface area contributed by atoms with E-state index in [-0.39, 0.29) is 24.4 Å². The van der Waals surface area contributed by atoms with Crippen LogP contribution in [0.4, 0.5) is 0 Å². The van der Waals surface area contributed by atoms with Crippen molar-refractivity contribution in [2.24, 2.45) is 5.92 Å². The SMILES string of the molecule is Cc1nn(Cc2ccccc2)c(C)c1CNC(=O)COC(=O)C1CCCCC1. The molecular weight excluding hydrogens is 354 g/mol.